The fraction of sp³-hybridized carbons (Fsp3) is 0.368. The maximum absolute atomic E-state index is 13.4. The van der Waals surface area contributed by atoms with Crippen molar-refractivity contribution in [3.63, 3.8) is 0 Å². The molecule has 6 nitrogen and oxygen atoms in total. The van der Waals surface area contributed by atoms with E-state index in [9.17, 15) is 18.0 Å². The first-order valence-electron chi connectivity index (χ1n) is 9.03. The molecule has 146 valence electrons. The average Bonchev–Trinajstić information content (AvgIpc) is 3.33. The molecular weight excluding hydrogens is 371 g/mol. The van der Waals surface area contributed by atoms with E-state index in [0.29, 0.717) is 42.9 Å². The van der Waals surface area contributed by atoms with Crippen LogP contribution >= 0.6 is 0 Å². The van der Waals surface area contributed by atoms with Gasteiger partial charge in [-0.15, -0.1) is 0 Å². The molecule has 1 saturated heterocycles. The number of aromatic nitrogens is 4. The summed E-state index contributed by atoms with van der Waals surface area (Å²) in [5.74, 6) is -0.241. The van der Waals surface area contributed by atoms with Gasteiger partial charge in [-0.2, -0.15) is 18.3 Å². The third kappa shape index (κ3) is 3.32. The van der Waals surface area contributed by atoms with Gasteiger partial charge in [0.05, 0.1) is 5.69 Å². The van der Waals surface area contributed by atoms with Crippen molar-refractivity contribution in [1.82, 2.24) is 24.5 Å². The molecule has 9 heteroatoms. The third-order valence-corrected chi connectivity index (χ3v) is 4.97. The van der Waals surface area contributed by atoms with Crippen molar-refractivity contribution in [3.8, 4) is 0 Å². The fourth-order valence-corrected chi connectivity index (χ4v) is 3.49. The monoisotopic (exact) mass is 389 g/mol. The zero-order chi connectivity index (χ0) is 19.9. The Kier molecular flexibility index (Phi) is 4.52. The highest BCUT2D eigenvalue weighted by Gasteiger charge is 2.36. The number of carbonyl (C=O) groups is 1. The summed E-state index contributed by atoms with van der Waals surface area (Å²) in [6, 6.07) is 5.93. The fourth-order valence-electron chi connectivity index (χ4n) is 3.49. The van der Waals surface area contributed by atoms with Gasteiger partial charge in [0.15, 0.2) is 5.65 Å². The van der Waals surface area contributed by atoms with Crippen LogP contribution in [0.1, 0.15) is 46.7 Å². The first-order chi connectivity index (χ1) is 13.4. The van der Waals surface area contributed by atoms with Crippen LogP contribution in [-0.4, -0.2) is 43.5 Å². The van der Waals surface area contributed by atoms with E-state index in [4.69, 9.17) is 0 Å². The number of aryl methyl sites for hydroxylation is 1. The summed E-state index contributed by atoms with van der Waals surface area (Å²) >= 11 is 0. The van der Waals surface area contributed by atoms with Crippen molar-refractivity contribution in [2.45, 2.75) is 31.9 Å². The molecule has 1 atom stereocenters. The lowest BCUT2D eigenvalue weighted by atomic mass is 10.1. The number of rotatable bonds is 3. The summed E-state index contributed by atoms with van der Waals surface area (Å²) < 4.78 is 41.2. The van der Waals surface area contributed by atoms with E-state index in [1.54, 1.807) is 42.4 Å². The van der Waals surface area contributed by atoms with Gasteiger partial charge in [0.1, 0.15) is 5.69 Å². The molecule has 4 heterocycles. The van der Waals surface area contributed by atoms with Crippen LogP contribution in [-0.2, 0) is 12.6 Å². The van der Waals surface area contributed by atoms with Crippen LogP contribution < -0.4 is 0 Å². The number of fused-ring (bicyclic) bond motifs is 1. The lowest BCUT2D eigenvalue weighted by Gasteiger charge is -2.15. The van der Waals surface area contributed by atoms with Gasteiger partial charge in [-0.3, -0.25) is 9.78 Å². The molecule has 1 amide bonds. The molecule has 4 rings (SSSR count). The Labute approximate surface area is 159 Å². The van der Waals surface area contributed by atoms with Gasteiger partial charge in [0.2, 0.25) is 0 Å². The molecular formula is C19H18F3N5O. The van der Waals surface area contributed by atoms with Crippen molar-refractivity contribution < 1.29 is 18.0 Å². The van der Waals surface area contributed by atoms with E-state index >= 15 is 0 Å². The molecule has 1 aliphatic rings. The van der Waals surface area contributed by atoms with Gasteiger partial charge in [-0.1, -0.05) is 6.92 Å². The maximum Gasteiger partial charge on any atom is 0.433 e. The van der Waals surface area contributed by atoms with Gasteiger partial charge in [-0.25, -0.2) is 9.50 Å². The average molecular weight is 389 g/mol. The number of pyridine rings is 1. The first-order valence-corrected chi connectivity index (χ1v) is 9.03. The van der Waals surface area contributed by atoms with Crippen LogP contribution in [0.4, 0.5) is 13.2 Å². The molecule has 0 N–H and O–H groups in total. The zero-order valence-electron chi connectivity index (χ0n) is 15.1. The Hall–Kier alpha value is -2.97. The smallest absolute Gasteiger partial charge is 0.338 e. The molecule has 1 fully saturated rings. The van der Waals surface area contributed by atoms with Gasteiger partial charge in [-0.05, 0) is 31.0 Å². The molecule has 3 aromatic rings. The molecule has 1 aliphatic heterocycles. The zero-order valence-corrected chi connectivity index (χ0v) is 15.1. The Balaban J connectivity index is 1.63. The number of halogens is 3. The van der Waals surface area contributed by atoms with Gasteiger partial charge < -0.3 is 4.90 Å². The van der Waals surface area contributed by atoms with Crippen molar-refractivity contribution in [1.29, 1.82) is 0 Å². The summed E-state index contributed by atoms with van der Waals surface area (Å²) in [5.41, 5.74) is 0.784. The quantitative estimate of drug-likeness (QED) is 0.689. The van der Waals surface area contributed by atoms with Crippen LogP contribution in [0.25, 0.3) is 5.65 Å². The normalized spacial score (nSPS) is 17.4. The second kappa shape index (κ2) is 6.88. The third-order valence-electron chi connectivity index (χ3n) is 4.97. The van der Waals surface area contributed by atoms with Crippen molar-refractivity contribution >= 4 is 11.6 Å². The lowest BCUT2D eigenvalue weighted by Crippen LogP contribution is -2.28. The second-order valence-electron chi connectivity index (χ2n) is 6.80. The van der Waals surface area contributed by atoms with Gasteiger partial charge in [0.25, 0.3) is 5.91 Å². The maximum atomic E-state index is 13.4. The molecule has 0 bridgehead atoms. The van der Waals surface area contributed by atoms with Crippen molar-refractivity contribution in [2.75, 3.05) is 13.1 Å². The molecule has 0 aliphatic carbocycles. The van der Waals surface area contributed by atoms with Crippen LogP contribution in [0.3, 0.4) is 0 Å². The first kappa shape index (κ1) is 18.4. The van der Waals surface area contributed by atoms with Crippen LogP contribution in [0.2, 0.25) is 0 Å². The van der Waals surface area contributed by atoms with Gasteiger partial charge in [0, 0.05) is 48.7 Å². The molecule has 0 saturated carbocycles. The van der Waals surface area contributed by atoms with Crippen molar-refractivity contribution in [2.24, 2.45) is 0 Å². The predicted molar refractivity (Wildman–Crippen MR) is 94.9 cm³/mol. The Morgan fingerprint density at radius 3 is 2.68 bits per heavy atom. The summed E-state index contributed by atoms with van der Waals surface area (Å²) in [7, 11) is 0. The number of carbonyl (C=O) groups excluding carboxylic acids is 1. The Morgan fingerprint density at radius 1 is 1.25 bits per heavy atom. The minimum absolute atomic E-state index is 0.115. The van der Waals surface area contributed by atoms with Crippen LogP contribution in [0.5, 0.6) is 0 Å². The van der Waals surface area contributed by atoms with E-state index < -0.39 is 11.9 Å². The summed E-state index contributed by atoms with van der Waals surface area (Å²) in [4.78, 5) is 22.4. The SMILES string of the molecule is CCc1cc(C(F)(F)F)n2nc(C3CCN(C(=O)c4ccncc4)C3)cc2n1. The predicted octanol–water partition coefficient (Wildman–Crippen LogP) is 3.34. The van der Waals surface area contributed by atoms with E-state index in [0.717, 1.165) is 10.6 Å². The van der Waals surface area contributed by atoms with E-state index in [1.807, 2.05) is 0 Å². The molecule has 1 unspecified atom stereocenters. The van der Waals surface area contributed by atoms with E-state index in [-0.39, 0.29) is 17.5 Å². The largest absolute Gasteiger partial charge is 0.433 e. The minimum Gasteiger partial charge on any atom is -0.338 e. The minimum atomic E-state index is -4.52. The van der Waals surface area contributed by atoms with E-state index in [2.05, 4.69) is 15.1 Å². The van der Waals surface area contributed by atoms with Gasteiger partial charge >= 0.3 is 6.18 Å². The summed E-state index contributed by atoms with van der Waals surface area (Å²) in [5, 5.41) is 4.19. The van der Waals surface area contributed by atoms with Crippen LogP contribution in [0.15, 0.2) is 36.7 Å². The number of amides is 1. The molecule has 0 aromatic carbocycles. The number of alkyl halides is 3. The molecule has 0 spiro atoms. The molecule has 28 heavy (non-hydrogen) atoms. The lowest BCUT2D eigenvalue weighted by molar-refractivity contribution is -0.142. The highest BCUT2D eigenvalue weighted by Crippen LogP contribution is 2.32. The number of likely N-dealkylation sites (tertiary alicyclic amines) is 1. The summed E-state index contributed by atoms with van der Waals surface area (Å²) in [6.45, 7) is 2.70. The molecule has 0 radical (unpaired) electrons. The number of hydrogen-bond acceptors (Lipinski definition) is 4. The number of hydrogen-bond donors (Lipinski definition) is 0. The Morgan fingerprint density at radius 2 is 2.00 bits per heavy atom. The highest BCUT2D eigenvalue weighted by atomic mass is 19.4. The highest BCUT2D eigenvalue weighted by molar-refractivity contribution is 5.94. The van der Waals surface area contributed by atoms with E-state index in [1.165, 1.54) is 0 Å². The van der Waals surface area contributed by atoms with Crippen molar-refractivity contribution in [3.05, 3.63) is 59.3 Å². The molecule has 3 aromatic heterocycles. The standard InChI is InChI=1S/C19H18F3N5O/c1-2-14-9-16(19(20,21)22)27-17(24-14)10-15(25-27)13-5-8-26(11-13)18(28)12-3-6-23-7-4-12/h3-4,6-7,9-10,13H,2,5,8,11H2,1H3. The topological polar surface area (TPSA) is 63.4 Å². The summed E-state index contributed by atoms with van der Waals surface area (Å²) in [6.07, 6.45) is -0.370. The Bertz CT molecular complexity index is 1020. The number of nitrogens with zero attached hydrogens (tertiary/aromatic N) is 5. The van der Waals surface area contributed by atoms with Crippen LogP contribution in [0, 0.1) is 0 Å². The second-order valence-corrected chi connectivity index (χ2v) is 6.80.